The Morgan fingerprint density at radius 1 is 1.25 bits per heavy atom. The second-order valence-electron chi connectivity index (χ2n) is 5.30. The van der Waals surface area contributed by atoms with Crippen LogP contribution in [0.5, 0.6) is 5.88 Å². The molecule has 0 saturated carbocycles. The average Bonchev–Trinajstić information content (AvgIpc) is 2.63. The lowest BCUT2D eigenvalue weighted by atomic mass is 10.2. The molecule has 0 spiro atoms. The zero-order valence-corrected chi connectivity index (χ0v) is 13.4. The van der Waals surface area contributed by atoms with Gasteiger partial charge in [0.25, 0.3) is 5.91 Å². The normalized spacial score (nSPS) is 14.6. The van der Waals surface area contributed by atoms with Gasteiger partial charge in [-0.25, -0.2) is 4.98 Å². The van der Waals surface area contributed by atoms with Crippen molar-refractivity contribution in [1.29, 1.82) is 0 Å². The highest BCUT2D eigenvalue weighted by atomic mass is 16.5. The molecule has 24 heavy (non-hydrogen) atoms. The third kappa shape index (κ3) is 3.34. The predicted molar refractivity (Wildman–Crippen MR) is 87.9 cm³/mol. The highest BCUT2D eigenvalue weighted by Gasteiger charge is 2.28. The first-order chi connectivity index (χ1) is 11.7. The van der Waals surface area contributed by atoms with Crippen molar-refractivity contribution in [3.63, 3.8) is 0 Å². The first-order valence-electron chi connectivity index (χ1n) is 7.77. The molecule has 0 N–H and O–H groups in total. The maximum absolute atomic E-state index is 12.5. The molecule has 1 fully saturated rings. The molecule has 0 aliphatic carbocycles. The average molecular weight is 326 g/mol. The fourth-order valence-corrected chi connectivity index (χ4v) is 2.56. The number of anilines is 1. The van der Waals surface area contributed by atoms with E-state index in [1.54, 1.807) is 35.5 Å². The predicted octanol–water partition coefficient (Wildman–Crippen LogP) is 1.36. The van der Waals surface area contributed by atoms with Crippen molar-refractivity contribution in [3.05, 3.63) is 48.4 Å². The molecule has 2 amide bonds. The summed E-state index contributed by atoms with van der Waals surface area (Å²) in [6.45, 7) is 3.34. The number of aromatic nitrogens is 2. The van der Waals surface area contributed by atoms with Gasteiger partial charge in [-0.3, -0.25) is 14.6 Å². The van der Waals surface area contributed by atoms with Crippen LogP contribution in [0.1, 0.15) is 17.3 Å². The van der Waals surface area contributed by atoms with Gasteiger partial charge in [-0.05, 0) is 25.1 Å². The van der Waals surface area contributed by atoms with Crippen LogP contribution in [-0.2, 0) is 4.79 Å². The lowest BCUT2D eigenvalue weighted by Crippen LogP contribution is -2.52. The topological polar surface area (TPSA) is 75.6 Å². The molecule has 1 aliphatic rings. The first-order valence-corrected chi connectivity index (χ1v) is 7.77. The van der Waals surface area contributed by atoms with Crippen molar-refractivity contribution in [2.24, 2.45) is 0 Å². The minimum absolute atomic E-state index is 0.0426. The summed E-state index contributed by atoms with van der Waals surface area (Å²) in [4.78, 5) is 36.2. The Hall–Kier alpha value is -2.96. The molecular weight excluding hydrogens is 308 g/mol. The van der Waals surface area contributed by atoms with Gasteiger partial charge in [-0.2, -0.15) is 0 Å². The fraction of sp³-hybridized carbons (Fsp3) is 0.294. The van der Waals surface area contributed by atoms with Crippen molar-refractivity contribution in [2.75, 3.05) is 31.1 Å². The second-order valence-corrected chi connectivity index (χ2v) is 5.30. The summed E-state index contributed by atoms with van der Waals surface area (Å²) in [7, 11) is 0. The maximum atomic E-state index is 12.5. The summed E-state index contributed by atoms with van der Waals surface area (Å²) in [5, 5.41) is 0. The molecule has 1 aliphatic heterocycles. The largest absolute Gasteiger partial charge is 0.478 e. The molecule has 2 aromatic heterocycles. The fourth-order valence-electron chi connectivity index (χ4n) is 2.56. The van der Waals surface area contributed by atoms with Crippen LogP contribution in [0.3, 0.4) is 0 Å². The third-order valence-corrected chi connectivity index (χ3v) is 3.74. The number of hydrogen-bond acceptors (Lipinski definition) is 5. The van der Waals surface area contributed by atoms with Crippen LogP contribution in [0.4, 0.5) is 5.69 Å². The molecule has 7 nitrogen and oxygen atoms in total. The van der Waals surface area contributed by atoms with E-state index < -0.39 is 0 Å². The first kappa shape index (κ1) is 15.9. The van der Waals surface area contributed by atoms with Gasteiger partial charge in [0.1, 0.15) is 6.54 Å². The molecule has 7 heteroatoms. The second kappa shape index (κ2) is 7.08. The van der Waals surface area contributed by atoms with E-state index in [1.807, 2.05) is 13.0 Å². The zero-order chi connectivity index (χ0) is 16.9. The summed E-state index contributed by atoms with van der Waals surface area (Å²) in [6, 6.07) is 6.94. The number of ether oxygens (including phenoxy) is 1. The van der Waals surface area contributed by atoms with Gasteiger partial charge in [0.2, 0.25) is 11.8 Å². The Kier molecular flexibility index (Phi) is 4.69. The van der Waals surface area contributed by atoms with E-state index in [1.165, 1.54) is 11.1 Å². The van der Waals surface area contributed by atoms with Crippen LogP contribution >= 0.6 is 0 Å². The van der Waals surface area contributed by atoms with Gasteiger partial charge < -0.3 is 14.5 Å². The Labute approximate surface area is 139 Å². The molecule has 3 heterocycles. The highest BCUT2D eigenvalue weighted by Crippen LogP contribution is 2.17. The smallest absolute Gasteiger partial charge is 0.255 e. The molecule has 0 radical (unpaired) electrons. The molecular formula is C17H18N4O3. The van der Waals surface area contributed by atoms with E-state index in [2.05, 4.69) is 9.97 Å². The van der Waals surface area contributed by atoms with Crippen LogP contribution in [0.2, 0.25) is 0 Å². The van der Waals surface area contributed by atoms with E-state index in [-0.39, 0.29) is 18.4 Å². The van der Waals surface area contributed by atoms with Gasteiger partial charge in [-0.1, -0.05) is 0 Å². The highest BCUT2D eigenvalue weighted by molar-refractivity contribution is 6.01. The molecule has 0 aromatic carbocycles. The minimum Gasteiger partial charge on any atom is -0.478 e. The number of piperazine rings is 1. The van der Waals surface area contributed by atoms with Crippen molar-refractivity contribution >= 4 is 17.5 Å². The number of carbonyl (C=O) groups is 2. The summed E-state index contributed by atoms with van der Waals surface area (Å²) in [5.41, 5.74) is 1.19. The maximum Gasteiger partial charge on any atom is 0.255 e. The molecule has 0 unspecified atom stereocenters. The third-order valence-electron chi connectivity index (χ3n) is 3.74. The number of amides is 2. The van der Waals surface area contributed by atoms with E-state index in [9.17, 15) is 9.59 Å². The van der Waals surface area contributed by atoms with Crippen molar-refractivity contribution < 1.29 is 14.3 Å². The molecule has 0 atom stereocenters. The lowest BCUT2D eigenvalue weighted by molar-refractivity contribution is -0.120. The van der Waals surface area contributed by atoms with E-state index >= 15 is 0 Å². The number of rotatable bonds is 4. The van der Waals surface area contributed by atoms with E-state index in [4.69, 9.17) is 4.74 Å². The molecule has 0 bridgehead atoms. The Bertz CT molecular complexity index is 718. The van der Waals surface area contributed by atoms with Gasteiger partial charge in [0, 0.05) is 31.5 Å². The summed E-state index contributed by atoms with van der Waals surface area (Å²) >= 11 is 0. The lowest BCUT2D eigenvalue weighted by Gasteiger charge is -2.34. The number of carbonyl (C=O) groups excluding carboxylic acids is 2. The molecule has 2 aromatic rings. The van der Waals surface area contributed by atoms with Crippen molar-refractivity contribution in [3.8, 4) is 5.88 Å². The van der Waals surface area contributed by atoms with Crippen molar-refractivity contribution in [1.82, 2.24) is 14.9 Å². The van der Waals surface area contributed by atoms with E-state index in [0.29, 0.717) is 31.1 Å². The van der Waals surface area contributed by atoms with Crippen LogP contribution in [0, 0.1) is 0 Å². The molecule has 124 valence electrons. The monoisotopic (exact) mass is 326 g/mol. The Morgan fingerprint density at radius 3 is 2.75 bits per heavy atom. The summed E-state index contributed by atoms with van der Waals surface area (Å²) in [5.74, 6) is 0.151. The molecule has 3 rings (SSSR count). The van der Waals surface area contributed by atoms with Crippen LogP contribution in [-0.4, -0.2) is 52.9 Å². The van der Waals surface area contributed by atoms with Gasteiger partial charge in [0.15, 0.2) is 0 Å². The zero-order valence-electron chi connectivity index (χ0n) is 13.4. The van der Waals surface area contributed by atoms with Gasteiger partial charge in [0.05, 0.1) is 24.1 Å². The van der Waals surface area contributed by atoms with Crippen molar-refractivity contribution in [2.45, 2.75) is 6.92 Å². The van der Waals surface area contributed by atoms with Crippen LogP contribution in [0.15, 0.2) is 42.9 Å². The summed E-state index contributed by atoms with van der Waals surface area (Å²) < 4.78 is 5.26. The minimum atomic E-state index is -0.204. The van der Waals surface area contributed by atoms with Gasteiger partial charge in [-0.15, -0.1) is 0 Å². The Morgan fingerprint density at radius 2 is 2.12 bits per heavy atom. The number of pyridine rings is 2. The SMILES string of the molecule is CCOc1ccc(C(=O)N2CCN(c3cccnc3)C(=O)C2)cn1. The van der Waals surface area contributed by atoms with E-state index in [0.717, 1.165) is 5.69 Å². The number of hydrogen-bond donors (Lipinski definition) is 0. The quantitative estimate of drug-likeness (QED) is 0.848. The standard InChI is InChI=1S/C17H18N4O3/c1-2-24-15-6-5-13(10-19-15)17(23)20-8-9-21(16(22)12-20)14-4-3-7-18-11-14/h3-7,10-11H,2,8-9,12H2,1H3. The van der Waals surface area contributed by atoms with Gasteiger partial charge >= 0.3 is 0 Å². The molecule has 1 saturated heterocycles. The Balaban J connectivity index is 1.66. The van der Waals surface area contributed by atoms with Crippen LogP contribution in [0.25, 0.3) is 0 Å². The number of nitrogens with zero attached hydrogens (tertiary/aromatic N) is 4. The summed E-state index contributed by atoms with van der Waals surface area (Å²) in [6.07, 6.45) is 4.78. The van der Waals surface area contributed by atoms with Crippen LogP contribution < -0.4 is 9.64 Å².